The SMILES string of the molecule is C1CC2CCC3C4C(C2C1)C34. The van der Waals surface area contributed by atoms with Gasteiger partial charge >= 0.3 is 0 Å². The van der Waals surface area contributed by atoms with Crippen LogP contribution in [0.4, 0.5) is 0 Å². The average Bonchev–Trinajstić information content (AvgIpc) is 2.86. The van der Waals surface area contributed by atoms with Crippen LogP contribution in [0.2, 0.25) is 0 Å². The van der Waals surface area contributed by atoms with Crippen molar-refractivity contribution in [3.8, 4) is 0 Å². The van der Waals surface area contributed by atoms with Crippen molar-refractivity contribution in [1.29, 1.82) is 0 Å². The molecule has 0 aromatic rings. The predicted molar refractivity (Wildman–Crippen MR) is 44.0 cm³/mol. The van der Waals surface area contributed by atoms with Gasteiger partial charge in [-0.15, -0.1) is 0 Å². The van der Waals surface area contributed by atoms with Gasteiger partial charge in [0.1, 0.15) is 0 Å². The molecule has 0 N–H and O–H groups in total. The van der Waals surface area contributed by atoms with Crippen molar-refractivity contribution in [2.24, 2.45) is 35.5 Å². The van der Waals surface area contributed by atoms with E-state index in [1.54, 1.807) is 32.1 Å². The summed E-state index contributed by atoms with van der Waals surface area (Å²) in [6.45, 7) is 0. The Hall–Kier alpha value is 0. The summed E-state index contributed by atoms with van der Waals surface area (Å²) in [6.07, 6.45) is 7.99. The number of hydrogen-bond acceptors (Lipinski definition) is 0. The lowest BCUT2D eigenvalue weighted by molar-refractivity contribution is 0.313. The van der Waals surface area contributed by atoms with Gasteiger partial charge in [0, 0.05) is 0 Å². The van der Waals surface area contributed by atoms with E-state index < -0.39 is 0 Å². The van der Waals surface area contributed by atoms with Crippen molar-refractivity contribution in [3.63, 3.8) is 0 Å². The highest BCUT2D eigenvalue weighted by Crippen LogP contribution is 2.80. The van der Waals surface area contributed by atoms with Gasteiger partial charge in [-0.3, -0.25) is 0 Å². The highest BCUT2D eigenvalue weighted by molar-refractivity contribution is 5.23. The molecule has 2 bridgehead atoms. The zero-order valence-corrected chi connectivity index (χ0v) is 7.00. The van der Waals surface area contributed by atoms with Crippen LogP contribution >= 0.6 is 0 Å². The van der Waals surface area contributed by atoms with E-state index in [2.05, 4.69) is 0 Å². The maximum Gasteiger partial charge on any atom is -0.0315 e. The van der Waals surface area contributed by atoms with Crippen LogP contribution < -0.4 is 0 Å². The van der Waals surface area contributed by atoms with E-state index in [-0.39, 0.29) is 0 Å². The summed E-state index contributed by atoms with van der Waals surface area (Å²) in [6, 6.07) is 0. The van der Waals surface area contributed by atoms with Gasteiger partial charge in [-0.1, -0.05) is 12.8 Å². The zero-order chi connectivity index (χ0) is 7.00. The van der Waals surface area contributed by atoms with Gasteiger partial charge in [0.2, 0.25) is 0 Å². The summed E-state index contributed by atoms with van der Waals surface area (Å²) in [7, 11) is 0. The molecule has 5 aliphatic rings. The van der Waals surface area contributed by atoms with Gasteiger partial charge in [0.05, 0.1) is 0 Å². The number of hydrogen-bond donors (Lipinski definition) is 0. The maximum absolute atomic E-state index is 1.62. The van der Waals surface area contributed by atoms with Crippen LogP contribution in [0.1, 0.15) is 32.1 Å². The van der Waals surface area contributed by atoms with Gasteiger partial charge in [0.25, 0.3) is 0 Å². The van der Waals surface area contributed by atoms with Crippen LogP contribution in [0, 0.1) is 35.5 Å². The zero-order valence-electron chi connectivity index (χ0n) is 7.00. The molecule has 0 heterocycles. The monoisotopic (exact) mass is 148 g/mol. The maximum atomic E-state index is 1.62. The molecule has 0 aliphatic heterocycles. The molecule has 4 atom stereocenters. The fraction of sp³-hybridized carbons (Fsp3) is 1.00. The minimum absolute atomic E-state index is 1.19. The minimum atomic E-state index is 1.19. The van der Waals surface area contributed by atoms with Crippen LogP contribution in [0.3, 0.4) is 0 Å². The number of fused-ring (bicyclic) bond motifs is 1. The summed E-state index contributed by atoms with van der Waals surface area (Å²) >= 11 is 0. The second kappa shape index (κ2) is 1.53. The lowest BCUT2D eigenvalue weighted by atomic mass is 9.88. The van der Waals surface area contributed by atoms with Crippen LogP contribution in [0.5, 0.6) is 0 Å². The second-order valence-corrected chi connectivity index (χ2v) is 5.33. The molecule has 5 rings (SSSR count). The fourth-order valence-corrected chi connectivity index (χ4v) is 4.53. The van der Waals surface area contributed by atoms with Gasteiger partial charge in [0.15, 0.2) is 0 Å². The van der Waals surface area contributed by atoms with Gasteiger partial charge in [-0.05, 0) is 54.8 Å². The van der Waals surface area contributed by atoms with Crippen molar-refractivity contribution in [2.75, 3.05) is 0 Å². The van der Waals surface area contributed by atoms with E-state index in [9.17, 15) is 0 Å². The molecule has 60 valence electrons. The Labute approximate surface area is 68.4 Å². The normalized spacial score (nSPS) is 69.8. The Kier molecular flexibility index (Phi) is 0.781. The van der Waals surface area contributed by atoms with Crippen LogP contribution in [-0.2, 0) is 0 Å². The molecule has 0 saturated heterocycles. The van der Waals surface area contributed by atoms with E-state index in [1.807, 2.05) is 0 Å². The molecule has 0 aromatic heterocycles. The molecule has 0 amide bonds. The first-order chi connectivity index (χ1) is 5.47. The van der Waals surface area contributed by atoms with E-state index in [0.29, 0.717) is 0 Å². The van der Waals surface area contributed by atoms with E-state index in [4.69, 9.17) is 0 Å². The molecule has 0 heteroatoms. The predicted octanol–water partition coefficient (Wildman–Crippen LogP) is 2.69. The first-order valence-electron chi connectivity index (χ1n) is 5.47. The quantitative estimate of drug-likeness (QED) is 0.495. The molecular formula is C11H16. The largest absolute Gasteiger partial charge is 0.0527 e. The molecule has 0 nitrogen and oxygen atoms in total. The van der Waals surface area contributed by atoms with Gasteiger partial charge < -0.3 is 0 Å². The lowest BCUT2D eigenvalue weighted by Gasteiger charge is -2.17. The Morgan fingerprint density at radius 2 is 1.45 bits per heavy atom. The third-order valence-electron chi connectivity index (χ3n) is 5.12. The van der Waals surface area contributed by atoms with E-state index in [1.165, 1.54) is 35.5 Å². The fourth-order valence-electron chi connectivity index (χ4n) is 4.53. The Morgan fingerprint density at radius 3 is 2.36 bits per heavy atom. The Morgan fingerprint density at radius 1 is 0.636 bits per heavy atom. The minimum Gasteiger partial charge on any atom is -0.0527 e. The highest BCUT2D eigenvalue weighted by Gasteiger charge is 2.75. The Balaban J connectivity index is 1.69. The first kappa shape index (κ1) is 5.61. The van der Waals surface area contributed by atoms with Crippen LogP contribution in [0.25, 0.3) is 0 Å². The van der Waals surface area contributed by atoms with E-state index >= 15 is 0 Å². The topological polar surface area (TPSA) is 0 Å². The third kappa shape index (κ3) is 0.522. The van der Waals surface area contributed by atoms with Crippen LogP contribution in [0.15, 0.2) is 0 Å². The third-order valence-corrected chi connectivity index (χ3v) is 5.12. The standard InChI is InChI=1S/C11H16/c1-2-6-4-5-8-10-9(11(8)10)7(6)3-1/h6-11H,1-5H2. The molecular weight excluding hydrogens is 132 g/mol. The second-order valence-electron chi connectivity index (χ2n) is 5.33. The molecule has 5 fully saturated rings. The molecule has 5 aliphatic carbocycles. The summed E-state index contributed by atoms with van der Waals surface area (Å²) in [5.41, 5.74) is 0. The summed E-state index contributed by atoms with van der Waals surface area (Å²) in [5.74, 6) is 7.51. The summed E-state index contributed by atoms with van der Waals surface area (Å²) < 4.78 is 0. The first-order valence-corrected chi connectivity index (χ1v) is 5.47. The molecule has 0 radical (unpaired) electrons. The summed E-state index contributed by atoms with van der Waals surface area (Å²) in [5, 5.41) is 0. The van der Waals surface area contributed by atoms with Crippen molar-refractivity contribution < 1.29 is 0 Å². The summed E-state index contributed by atoms with van der Waals surface area (Å²) in [4.78, 5) is 0. The molecule has 5 saturated carbocycles. The Bertz CT molecular complexity index is 198. The van der Waals surface area contributed by atoms with Gasteiger partial charge in [-0.25, -0.2) is 0 Å². The van der Waals surface area contributed by atoms with Crippen molar-refractivity contribution >= 4 is 0 Å². The molecule has 0 aromatic carbocycles. The molecule has 4 unspecified atom stereocenters. The molecule has 11 heavy (non-hydrogen) atoms. The van der Waals surface area contributed by atoms with E-state index in [0.717, 1.165) is 0 Å². The van der Waals surface area contributed by atoms with Gasteiger partial charge in [-0.2, -0.15) is 0 Å². The lowest BCUT2D eigenvalue weighted by Crippen LogP contribution is -2.11. The van der Waals surface area contributed by atoms with Crippen molar-refractivity contribution in [2.45, 2.75) is 32.1 Å². The number of rotatable bonds is 0. The average molecular weight is 148 g/mol. The van der Waals surface area contributed by atoms with Crippen molar-refractivity contribution in [1.82, 2.24) is 0 Å². The highest BCUT2D eigenvalue weighted by atomic mass is 14.8. The molecule has 0 spiro atoms. The van der Waals surface area contributed by atoms with Crippen LogP contribution in [-0.4, -0.2) is 0 Å². The van der Waals surface area contributed by atoms with Crippen molar-refractivity contribution in [3.05, 3.63) is 0 Å². The smallest absolute Gasteiger partial charge is 0.0315 e.